The molecule has 0 aliphatic carbocycles. The molecule has 0 fully saturated rings. The lowest BCUT2D eigenvalue weighted by Gasteiger charge is -2.22. The fourth-order valence-electron chi connectivity index (χ4n) is 2.54. The summed E-state index contributed by atoms with van der Waals surface area (Å²) in [6, 6.07) is 10.8. The van der Waals surface area contributed by atoms with Crippen molar-refractivity contribution >= 4 is 27.3 Å². The normalized spacial score (nSPS) is 11.2. The molecular weight excluding hydrogens is 343 g/mol. The van der Waals surface area contributed by atoms with Crippen molar-refractivity contribution in [2.75, 3.05) is 22.4 Å². The van der Waals surface area contributed by atoms with Gasteiger partial charge in [-0.2, -0.15) is 0 Å². The van der Waals surface area contributed by atoms with E-state index < -0.39 is 28.3 Å². The maximum atomic E-state index is 13.4. The van der Waals surface area contributed by atoms with Crippen molar-refractivity contribution in [3.05, 3.63) is 59.4 Å². The number of nitrogens with one attached hydrogen (secondary N) is 1. The van der Waals surface area contributed by atoms with Gasteiger partial charge in [-0.3, -0.25) is 9.10 Å². The largest absolute Gasteiger partial charge is 0.324 e. The van der Waals surface area contributed by atoms with E-state index in [1.807, 2.05) is 32.0 Å². The summed E-state index contributed by atoms with van der Waals surface area (Å²) in [6.07, 6.45) is 1.72. The predicted molar refractivity (Wildman–Crippen MR) is 97.8 cm³/mol. The number of carbonyl (C=O) groups is 1. The van der Waals surface area contributed by atoms with E-state index in [0.29, 0.717) is 5.69 Å². The summed E-state index contributed by atoms with van der Waals surface area (Å²) in [5.41, 5.74) is 2.65. The second-order valence-corrected chi connectivity index (χ2v) is 7.67. The lowest BCUT2D eigenvalue weighted by molar-refractivity contribution is -0.114. The third-order valence-electron chi connectivity index (χ3n) is 3.79. The van der Waals surface area contributed by atoms with Crippen LogP contribution in [0.3, 0.4) is 0 Å². The number of hydrogen-bond donors (Lipinski definition) is 1. The highest BCUT2D eigenvalue weighted by molar-refractivity contribution is 7.92. The van der Waals surface area contributed by atoms with Crippen molar-refractivity contribution in [1.82, 2.24) is 0 Å². The first-order chi connectivity index (χ1) is 11.7. The van der Waals surface area contributed by atoms with Gasteiger partial charge in [0, 0.05) is 5.69 Å². The first kappa shape index (κ1) is 18.9. The highest BCUT2D eigenvalue weighted by Crippen LogP contribution is 2.22. The Morgan fingerprint density at radius 3 is 2.48 bits per heavy atom. The molecule has 1 N–H and O–H groups in total. The zero-order valence-corrected chi connectivity index (χ0v) is 15.2. The summed E-state index contributed by atoms with van der Waals surface area (Å²) in [5, 5.41) is 2.78. The Morgan fingerprint density at radius 2 is 1.88 bits per heavy atom. The number of hydrogen-bond acceptors (Lipinski definition) is 3. The minimum atomic E-state index is -3.74. The molecule has 0 bridgehead atoms. The molecule has 1 amide bonds. The molecule has 2 aromatic rings. The predicted octanol–water partition coefficient (Wildman–Crippen LogP) is 3.10. The van der Waals surface area contributed by atoms with E-state index in [2.05, 4.69) is 5.32 Å². The number of nitrogens with zero attached hydrogens (tertiary/aromatic N) is 1. The van der Waals surface area contributed by atoms with Crippen molar-refractivity contribution in [3.8, 4) is 0 Å². The van der Waals surface area contributed by atoms with Gasteiger partial charge in [0.05, 0.1) is 11.9 Å². The van der Waals surface area contributed by atoms with Crippen LogP contribution in [0.15, 0.2) is 42.5 Å². The molecule has 5 nitrogen and oxygen atoms in total. The van der Waals surface area contributed by atoms with Gasteiger partial charge in [-0.05, 0) is 42.7 Å². The molecule has 0 saturated heterocycles. The van der Waals surface area contributed by atoms with Gasteiger partial charge in [-0.15, -0.1) is 0 Å². The van der Waals surface area contributed by atoms with Crippen LogP contribution in [-0.2, 0) is 21.2 Å². The molecule has 7 heteroatoms. The molecule has 0 heterocycles. The molecular formula is C18H21FN2O3S. The van der Waals surface area contributed by atoms with E-state index in [1.54, 1.807) is 0 Å². The first-order valence-corrected chi connectivity index (χ1v) is 9.69. The third kappa shape index (κ3) is 4.79. The van der Waals surface area contributed by atoms with Gasteiger partial charge in [-0.1, -0.05) is 31.2 Å². The summed E-state index contributed by atoms with van der Waals surface area (Å²) in [7, 11) is -3.74. The third-order valence-corrected chi connectivity index (χ3v) is 4.93. The molecule has 0 aromatic heterocycles. The van der Waals surface area contributed by atoms with Crippen LogP contribution in [0.4, 0.5) is 15.8 Å². The van der Waals surface area contributed by atoms with E-state index in [9.17, 15) is 17.6 Å². The number of anilines is 2. The quantitative estimate of drug-likeness (QED) is 0.856. The van der Waals surface area contributed by atoms with Crippen LogP contribution in [0.1, 0.15) is 18.1 Å². The molecule has 134 valence electrons. The van der Waals surface area contributed by atoms with E-state index in [-0.39, 0.29) is 5.69 Å². The van der Waals surface area contributed by atoms with Crippen molar-refractivity contribution < 1.29 is 17.6 Å². The van der Waals surface area contributed by atoms with Crippen LogP contribution >= 0.6 is 0 Å². The van der Waals surface area contributed by atoms with Gasteiger partial charge >= 0.3 is 0 Å². The van der Waals surface area contributed by atoms with Crippen LogP contribution in [-0.4, -0.2) is 27.1 Å². The smallest absolute Gasteiger partial charge is 0.245 e. The van der Waals surface area contributed by atoms with Gasteiger partial charge in [0.25, 0.3) is 0 Å². The van der Waals surface area contributed by atoms with Crippen LogP contribution in [0.25, 0.3) is 0 Å². The molecule has 25 heavy (non-hydrogen) atoms. The Labute approximate surface area is 147 Å². The fourth-order valence-corrected chi connectivity index (χ4v) is 3.39. The van der Waals surface area contributed by atoms with Crippen LogP contribution in [0.5, 0.6) is 0 Å². The van der Waals surface area contributed by atoms with Crippen molar-refractivity contribution in [2.45, 2.75) is 20.3 Å². The Kier molecular flexibility index (Phi) is 5.79. The molecule has 0 aliphatic rings. The highest BCUT2D eigenvalue weighted by atomic mass is 32.2. The van der Waals surface area contributed by atoms with E-state index in [0.717, 1.165) is 34.2 Å². The van der Waals surface area contributed by atoms with Gasteiger partial charge in [0.1, 0.15) is 12.4 Å². The number of halogens is 1. The van der Waals surface area contributed by atoms with Crippen LogP contribution in [0, 0.1) is 12.7 Å². The van der Waals surface area contributed by atoms with Crippen LogP contribution < -0.4 is 9.62 Å². The maximum Gasteiger partial charge on any atom is 0.245 e. The zero-order chi connectivity index (χ0) is 18.6. The van der Waals surface area contributed by atoms with E-state index >= 15 is 0 Å². The lowest BCUT2D eigenvalue weighted by atomic mass is 10.1. The number of sulfonamides is 1. The lowest BCUT2D eigenvalue weighted by Crippen LogP contribution is -2.37. The first-order valence-electron chi connectivity index (χ1n) is 7.84. The highest BCUT2D eigenvalue weighted by Gasteiger charge is 2.22. The standard InChI is InChI=1S/C18H21FN2O3S/c1-4-14-8-5-7-13(2)18(14)20-17(22)12-21(25(3,23)24)16-10-6-9-15(19)11-16/h5-11H,4,12H2,1-3H3,(H,20,22). The van der Waals surface area contributed by atoms with Gasteiger partial charge in [-0.25, -0.2) is 12.8 Å². The molecule has 0 atom stereocenters. The minimum Gasteiger partial charge on any atom is -0.324 e. The minimum absolute atomic E-state index is 0.109. The van der Waals surface area contributed by atoms with Crippen molar-refractivity contribution in [3.63, 3.8) is 0 Å². The summed E-state index contributed by atoms with van der Waals surface area (Å²) in [6.45, 7) is 3.41. The van der Waals surface area contributed by atoms with E-state index in [1.165, 1.54) is 18.2 Å². The number of amides is 1. The molecule has 0 spiro atoms. The molecule has 2 aromatic carbocycles. The number of para-hydroxylation sites is 1. The number of rotatable bonds is 6. The zero-order valence-electron chi connectivity index (χ0n) is 14.4. The fraction of sp³-hybridized carbons (Fsp3) is 0.278. The van der Waals surface area contributed by atoms with Crippen LogP contribution in [0.2, 0.25) is 0 Å². The number of carbonyl (C=O) groups excluding carboxylic acids is 1. The van der Waals surface area contributed by atoms with Gasteiger partial charge in [0.15, 0.2) is 0 Å². The number of benzene rings is 2. The SMILES string of the molecule is CCc1cccc(C)c1NC(=O)CN(c1cccc(F)c1)S(C)(=O)=O. The van der Waals surface area contributed by atoms with Crippen molar-refractivity contribution in [2.24, 2.45) is 0 Å². The Morgan fingerprint density at radius 1 is 1.20 bits per heavy atom. The Balaban J connectivity index is 2.27. The second kappa shape index (κ2) is 7.65. The monoisotopic (exact) mass is 364 g/mol. The molecule has 0 radical (unpaired) electrons. The van der Waals surface area contributed by atoms with E-state index in [4.69, 9.17) is 0 Å². The second-order valence-electron chi connectivity index (χ2n) is 5.76. The Hall–Kier alpha value is -2.41. The summed E-state index contributed by atoms with van der Waals surface area (Å²) < 4.78 is 38.4. The Bertz CT molecular complexity index is 882. The van der Waals surface area contributed by atoms with Gasteiger partial charge in [0.2, 0.25) is 15.9 Å². The molecule has 0 saturated carbocycles. The maximum absolute atomic E-state index is 13.4. The summed E-state index contributed by atoms with van der Waals surface area (Å²) in [5.74, 6) is -1.06. The topological polar surface area (TPSA) is 66.5 Å². The molecule has 2 rings (SSSR count). The summed E-state index contributed by atoms with van der Waals surface area (Å²) in [4.78, 5) is 12.4. The van der Waals surface area contributed by atoms with Gasteiger partial charge < -0.3 is 5.32 Å². The average molecular weight is 364 g/mol. The molecule has 0 aliphatic heterocycles. The average Bonchev–Trinajstić information content (AvgIpc) is 2.53. The number of aryl methyl sites for hydroxylation is 2. The van der Waals surface area contributed by atoms with Crippen molar-refractivity contribution in [1.29, 1.82) is 0 Å². The summed E-state index contributed by atoms with van der Waals surface area (Å²) >= 11 is 0. The molecule has 0 unspecified atom stereocenters.